The van der Waals surface area contributed by atoms with Gasteiger partial charge in [0.1, 0.15) is 0 Å². The standard InChI is InChI=1S/C6H9NO5/c1-4(8)12-7-5(9)2-3-6(10)11/h2-3H2,1H3,(H,7,9)(H,10,11). The average Bonchev–Trinajstić information content (AvgIpc) is 1.96. The van der Waals surface area contributed by atoms with Crippen LogP contribution in [0.5, 0.6) is 0 Å². The van der Waals surface area contributed by atoms with Crippen molar-refractivity contribution < 1.29 is 24.3 Å². The summed E-state index contributed by atoms with van der Waals surface area (Å²) < 4.78 is 0. The third-order valence-electron chi connectivity index (χ3n) is 0.875. The fraction of sp³-hybridized carbons (Fsp3) is 0.500. The highest BCUT2D eigenvalue weighted by Gasteiger charge is 2.05. The second kappa shape index (κ2) is 5.11. The van der Waals surface area contributed by atoms with Crippen molar-refractivity contribution in [2.24, 2.45) is 0 Å². The van der Waals surface area contributed by atoms with E-state index >= 15 is 0 Å². The van der Waals surface area contributed by atoms with E-state index in [1.165, 1.54) is 0 Å². The summed E-state index contributed by atoms with van der Waals surface area (Å²) in [6.07, 6.45) is -0.490. The molecule has 68 valence electrons. The largest absolute Gasteiger partial charge is 0.481 e. The van der Waals surface area contributed by atoms with Crippen LogP contribution in [0.4, 0.5) is 0 Å². The summed E-state index contributed by atoms with van der Waals surface area (Å²) in [6, 6.07) is 0. The summed E-state index contributed by atoms with van der Waals surface area (Å²) in [4.78, 5) is 34.8. The van der Waals surface area contributed by atoms with Gasteiger partial charge in [-0.3, -0.25) is 14.4 Å². The van der Waals surface area contributed by atoms with Crippen LogP contribution in [-0.2, 0) is 19.2 Å². The number of carbonyl (C=O) groups excluding carboxylic acids is 2. The molecule has 0 aliphatic heterocycles. The summed E-state index contributed by atoms with van der Waals surface area (Å²) in [6.45, 7) is 1.12. The summed E-state index contributed by atoms with van der Waals surface area (Å²) in [7, 11) is 0. The Hall–Kier alpha value is -1.59. The molecule has 0 bridgehead atoms. The van der Waals surface area contributed by atoms with Crippen LogP contribution in [0, 0.1) is 0 Å². The number of nitrogens with one attached hydrogen (secondary N) is 1. The third kappa shape index (κ3) is 6.53. The van der Waals surface area contributed by atoms with Gasteiger partial charge in [-0.1, -0.05) is 0 Å². The third-order valence-corrected chi connectivity index (χ3v) is 0.875. The molecule has 0 radical (unpaired) electrons. The first kappa shape index (κ1) is 10.4. The van der Waals surface area contributed by atoms with E-state index in [-0.39, 0.29) is 12.8 Å². The Morgan fingerprint density at radius 3 is 2.33 bits per heavy atom. The van der Waals surface area contributed by atoms with Crippen molar-refractivity contribution in [1.29, 1.82) is 0 Å². The van der Waals surface area contributed by atoms with Gasteiger partial charge in [0, 0.05) is 13.3 Å². The normalized spacial score (nSPS) is 8.75. The number of hydroxylamine groups is 1. The molecular formula is C6H9NO5. The molecule has 2 N–H and O–H groups in total. The fourth-order valence-electron chi connectivity index (χ4n) is 0.400. The van der Waals surface area contributed by atoms with E-state index in [1.807, 2.05) is 0 Å². The Morgan fingerprint density at radius 2 is 1.92 bits per heavy atom. The highest BCUT2D eigenvalue weighted by molar-refractivity contribution is 5.81. The lowest BCUT2D eigenvalue weighted by atomic mass is 10.3. The maximum Gasteiger partial charge on any atom is 0.329 e. The van der Waals surface area contributed by atoms with Crippen molar-refractivity contribution in [1.82, 2.24) is 5.48 Å². The van der Waals surface area contributed by atoms with Crippen molar-refractivity contribution in [3.05, 3.63) is 0 Å². The fourth-order valence-corrected chi connectivity index (χ4v) is 0.400. The Balaban J connectivity index is 3.47. The lowest BCUT2D eigenvalue weighted by Gasteiger charge is -2.00. The Morgan fingerprint density at radius 1 is 1.33 bits per heavy atom. The molecule has 0 saturated carbocycles. The molecule has 0 rings (SSSR count). The maximum atomic E-state index is 10.6. The Labute approximate surface area is 68.5 Å². The van der Waals surface area contributed by atoms with Gasteiger partial charge in [0.25, 0.3) is 5.91 Å². The zero-order chi connectivity index (χ0) is 9.56. The predicted molar refractivity (Wildman–Crippen MR) is 36.8 cm³/mol. The van der Waals surface area contributed by atoms with Gasteiger partial charge in [-0.25, -0.2) is 0 Å². The summed E-state index contributed by atoms with van der Waals surface area (Å²) >= 11 is 0. The molecule has 0 aromatic carbocycles. The van der Waals surface area contributed by atoms with Crippen molar-refractivity contribution in [3.63, 3.8) is 0 Å². The molecule has 6 nitrogen and oxygen atoms in total. The molecule has 0 aromatic heterocycles. The first-order valence-corrected chi connectivity index (χ1v) is 3.20. The SMILES string of the molecule is CC(=O)ONC(=O)CCC(=O)O. The molecule has 0 aliphatic carbocycles. The molecule has 12 heavy (non-hydrogen) atoms. The van der Waals surface area contributed by atoms with Gasteiger partial charge >= 0.3 is 11.9 Å². The topological polar surface area (TPSA) is 92.7 Å². The van der Waals surface area contributed by atoms with E-state index in [1.54, 1.807) is 5.48 Å². The van der Waals surface area contributed by atoms with E-state index in [4.69, 9.17) is 5.11 Å². The summed E-state index contributed by atoms with van der Waals surface area (Å²) in [5, 5.41) is 8.15. The highest BCUT2D eigenvalue weighted by Crippen LogP contribution is 1.88. The van der Waals surface area contributed by atoms with Gasteiger partial charge < -0.3 is 9.94 Å². The van der Waals surface area contributed by atoms with Gasteiger partial charge in [0.15, 0.2) is 0 Å². The number of rotatable bonds is 3. The Kier molecular flexibility index (Phi) is 4.43. The molecular weight excluding hydrogens is 166 g/mol. The van der Waals surface area contributed by atoms with Gasteiger partial charge in [-0.05, 0) is 0 Å². The van der Waals surface area contributed by atoms with E-state index in [0.717, 1.165) is 6.92 Å². The van der Waals surface area contributed by atoms with Crippen molar-refractivity contribution in [2.45, 2.75) is 19.8 Å². The molecule has 0 saturated heterocycles. The highest BCUT2D eigenvalue weighted by atomic mass is 16.7. The molecule has 0 fully saturated rings. The van der Waals surface area contributed by atoms with Gasteiger partial charge in [0.05, 0.1) is 6.42 Å². The van der Waals surface area contributed by atoms with Crippen LogP contribution >= 0.6 is 0 Å². The monoisotopic (exact) mass is 175 g/mol. The molecule has 0 aromatic rings. The van der Waals surface area contributed by atoms with Crippen molar-refractivity contribution >= 4 is 17.8 Å². The lowest BCUT2D eigenvalue weighted by Crippen LogP contribution is -2.26. The van der Waals surface area contributed by atoms with E-state index in [0.29, 0.717) is 0 Å². The van der Waals surface area contributed by atoms with Gasteiger partial charge in [0.2, 0.25) is 0 Å². The van der Waals surface area contributed by atoms with Crippen LogP contribution in [0.15, 0.2) is 0 Å². The number of hydrogen-bond donors (Lipinski definition) is 2. The van der Waals surface area contributed by atoms with Crippen LogP contribution in [0.3, 0.4) is 0 Å². The Bertz CT molecular complexity index is 180. The number of hydrogen-bond acceptors (Lipinski definition) is 4. The van der Waals surface area contributed by atoms with Crippen molar-refractivity contribution in [3.8, 4) is 0 Å². The number of carboxylic acids is 1. The number of carboxylic acid groups (broad SMARTS) is 1. The minimum absolute atomic E-state index is 0.206. The second-order valence-electron chi connectivity index (χ2n) is 2.01. The molecule has 0 spiro atoms. The molecule has 0 heterocycles. The molecule has 6 heteroatoms. The van der Waals surface area contributed by atoms with Crippen LogP contribution < -0.4 is 5.48 Å². The number of amides is 1. The zero-order valence-corrected chi connectivity index (χ0v) is 6.49. The minimum Gasteiger partial charge on any atom is -0.481 e. The van der Waals surface area contributed by atoms with E-state index in [2.05, 4.69) is 4.84 Å². The average molecular weight is 175 g/mol. The van der Waals surface area contributed by atoms with E-state index in [9.17, 15) is 14.4 Å². The van der Waals surface area contributed by atoms with Crippen LogP contribution in [0.25, 0.3) is 0 Å². The summed E-state index contributed by atoms with van der Waals surface area (Å²) in [5.74, 6) is -2.36. The second-order valence-corrected chi connectivity index (χ2v) is 2.01. The van der Waals surface area contributed by atoms with Crippen LogP contribution in [-0.4, -0.2) is 23.0 Å². The first-order valence-electron chi connectivity index (χ1n) is 3.20. The summed E-state index contributed by atoms with van der Waals surface area (Å²) in [5.41, 5.74) is 1.79. The molecule has 1 amide bonds. The number of carbonyl (C=O) groups is 3. The minimum atomic E-state index is -1.08. The first-order chi connectivity index (χ1) is 5.52. The smallest absolute Gasteiger partial charge is 0.329 e. The molecule has 0 atom stereocenters. The van der Waals surface area contributed by atoms with Crippen molar-refractivity contribution in [2.75, 3.05) is 0 Å². The van der Waals surface area contributed by atoms with Gasteiger partial charge in [-0.15, -0.1) is 0 Å². The molecule has 0 aliphatic rings. The van der Waals surface area contributed by atoms with E-state index < -0.39 is 17.8 Å². The predicted octanol–water partition coefficient (Wildman–Crippen LogP) is -0.555. The quantitative estimate of drug-likeness (QED) is 0.561. The maximum absolute atomic E-state index is 10.6. The lowest BCUT2D eigenvalue weighted by molar-refractivity contribution is -0.156. The zero-order valence-electron chi connectivity index (χ0n) is 6.49. The molecule has 0 unspecified atom stereocenters. The van der Waals surface area contributed by atoms with Crippen LogP contribution in [0.2, 0.25) is 0 Å². The van der Waals surface area contributed by atoms with Crippen LogP contribution in [0.1, 0.15) is 19.8 Å². The number of aliphatic carboxylic acids is 1. The van der Waals surface area contributed by atoms with Gasteiger partial charge in [-0.2, -0.15) is 5.48 Å².